The van der Waals surface area contributed by atoms with Crippen molar-refractivity contribution >= 4 is 32.6 Å². The summed E-state index contributed by atoms with van der Waals surface area (Å²) in [7, 11) is 0. The lowest BCUT2D eigenvalue weighted by Crippen LogP contribution is -2.43. The molecule has 9 aromatic carbocycles. The first-order chi connectivity index (χ1) is 27.3. The standard InChI is InChI=1S/C54H33N/c1-2-16-35-31-36(30-29-34(35)15-1)55-51-28-14-6-20-40(51)42-32-41-39-19-5-9-23-45(39)54(50(41)33-52(42)55)48-26-12-10-24-46(48)53(47-25-11-13-27-49(47)54)43-21-7-3-17-37(43)38-18-4-8-22-44(38)53/h1-33H. The Hall–Kier alpha value is -6.96. The van der Waals surface area contributed by atoms with E-state index in [1.54, 1.807) is 0 Å². The maximum Gasteiger partial charge on any atom is 0.0720 e. The van der Waals surface area contributed by atoms with Crippen molar-refractivity contribution in [1.29, 1.82) is 0 Å². The lowest BCUT2D eigenvalue weighted by atomic mass is 9.52. The fraction of sp³-hybridized carbons (Fsp3) is 0.0370. The van der Waals surface area contributed by atoms with Gasteiger partial charge in [-0.3, -0.25) is 0 Å². The van der Waals surface area contributed by atoms with E-state index in [2.05, 4.69) is 205 Å². The van der Waals surface area contributed by atoms with E-state index in [9.17, 15) is 0 Å². The van der Waals surface area contributed by atoms with E-state index in [1.165, 1.54) is 105 Å². The zero-order chi connectivity index (χ0) is 35.9. The molecule has 0 atom stereocenters. The molecule has 10 aromatic rings. The molecule has 0 amide bonds. The van der Waals surface area contributed by atoms with Gasteiger partial charge in [-0.2, -0.15) is 0 Å². The molecular formula is C54H33N. The summed E-state index contributed by atoms with van der Waals surface area (Å²) >= 11 is 0. The molecule has 1 nitrogen and oxygen atoms in total. The van der Waals surface area contributed by atoms with Crippen LogP contribution < -0.4 is 0 Å². The van der Waals surface area contributed by atoms with E-state index in [1.807, 2.05) is 0 Å². The van der Waals surface area contributed by atoms with Gasteiger partial charge in [0.05, 0.1) is 21.9 Å². The molecule has 2 spiro atoms. The number of fused-ring (bicyclic) bond motifs is 20. The van der Waals surface area contributed by atoms with Crippen molar-refractivity contribution in [1.82, 2.24) is 4.57 Å². The van der Waals surface area contributed by atoms with Crippen LogP contribution in [0.1, 0.15) is 44.5 Å². The third-order valence-electron chi connectivity index (χ3n) is 13.3. The molecule has 0 saturated heterocycles. The van der Waals surface area contributed by atoms with Gasteiger partial charge in [-0.25, -0.2) is 0 Å². The van der Waals surface area contributed by atoms with Gasteiger partial charge in [0.2, 0.25) is 0 Å². The topological polar surface area (TPSA) is 4.93 Å². The molecule has 0 bridgehead atoms. The van der Waals surface area contributed by atoms with E-state index >= 15 is 0 Å². The van der Waals surface area contributed by atoms with Crippen molar-refractivity contribution in [3.8, 4) is 27.9 Å². The second-order valence-electron chi connectivity index (χ2n) is 15.5. The number of para-hydroxylation sites is 1. The minimum Gasteiger partial charge on any atom is -0.309 e. The zero-order valence-corrected chi connectivity index (χ0v) is 30.0. The first-order valence-electron chi connectivity index (χ1n) is 19.4. The minimum absolute atomic E-state index is 0.451. The molecule has 254 valence electrons. The summed E-state index contributed by atoms with van der Waals surface area (Å²) in [6.45, 7) is 0. The average molecular weight is 696 g/mol. The highest BCUT2D eigenvalue weighted by molar-refractivity contribution is 6.12. The van der Waals surface area contributed by atoms with Crippen LogP contribution in [0.2, 0.25) is 0 Å². The van der Waals surface area contributed by atoms with E-state index in [0.717, 1.165) is 0 Å². The molecule has 0 fully saturated rings. The molecule has 0 aliphatic heterocycles. The summed E-state index contributed by atoms with van der Waals surface area (Å²) < 4.78 is 2.50. The van der Waals surface area contributed by atoms with Crippen molar-refractivity contribution in [2.75, 3.05) is 0 Å². The van der Waals surface area contributed by atoms with Gasteiger partial charge in [0.25, 0.3) is 0 Å². The Labute approximate surface area is 319 Å². The van der Waals surface area contributed by atoms with Crippen molar-refractivity contribution < 1.29 is 0 Å². The summed E-state index contributed by atoms with van der Waals surface area (Å²) in [5, 5.41) is 5.05. The van der Waals surface area contributed by atoms with Crippen LogP contribution in [0.5, 0.6) is 0 Å². The molecule has 0 saturated carbocycles. The first kappa shape index (κ1) is 29.5. The largest absolute Gasteiger partial charge is 0.309 e. The van der Waals surface area contributed by atoms with Crippen molar-refractivity contribution in [2.45, 2.75) is 10.8 Å². The fourth-order valence-electron chi connectivity index (χ4n) is 11.3. The second-order valence-corrected chi connectivity index (χ2v) is 15.5. The summed E-state index contributed by atoms with van der Waals surface area (Å²) in [4.78, 5) is 0. The van der Waals surface area contributed by atoms with Gasteiger partial charge >= 0.3 is 0 Å². The van der Waals surface area contributed by atoms with Crippen molar-refractivity contribution in [3.63, 3.8) is 0 Å². The maximum atomic E-state index is 2.56. The Bertz CT molecular complexity index is 3190. The normalized spacial score (nSPS) is 14.8. The van der Waals surface area contributed by atoms with Gasteiger partial charge in [0.15, 0.2) is 0 Å². The van der Waals surface area contributed by atoms with Gasteiger partial charge < -0.3 is 4.57 Å². The minimum atomic E-state index is -0.532. The average Bonchev–Trinajstić information content (AvgIpc) is 3.85. The summed E-state index contributed by atoms with van der Waals surface area (Å²) in [5.41, 5.74) is 18.8. The molecule has 0 unspecified atom stereocenters. The van der Waals surface area contributed by atoms with Crippen LogP contribution in [0.4, 0.5) is 0 Å². The number of nitrogens with zero attached hydrogens (tertiary/aromatic N) is 1. The second kappa shape index (κ2) is 10.4. The SMILES string of the molecule is c1ccc2c(c1)-c1ccccc1C21c2ccccc2C2(c3ccccc3-c3cc4c5ccccc5n(-c5ccc6ccccc6c5)c4cc32)c2ccccc21. The molecule has 1 aromatic heterocycles. The third-order valence-corrected chi connectivity index (χ3v) is 13.3. The molecular weight excluding hydrogens is 663 g/mol. The predicted molar refractivity (Wildman–Crippen MR) is 226 cm³/mol. The Morgan fingerprint density at radius 3 is 1.33 bits per heavy atom. The quantitative estimate of drug-likeness (QED) is 0.161. The molecule has 0 radical (unpaired) electrons. The molecule has 3 aliphatic rings. The van der Waals surface area contributed by atoms with E-state index in [4.69, 9.17) is 0 Å². The van der Waals surface area contributed by atoms with E-state index in [0.29, 0.717) is 0 Å². The summed E-state index contributed by atoms with van der Waals surface area (Å²) in [6.07, 6.45) is 0. The monoisotopic (exact) mass is 695 g/mol. The number of hydrogen-bond acceptors (Lipinski definition) is 0. The van der Waals surface area contributed by atoms with Crippen LogP contribution in [-0.4, -0.2) is 4.57 Å². The van der Waals surface area contributed by atoms with Crippen molar-refractivity contribution in [2.24, 2.45) is 0 Å². The number of aromatic nitrogens is 1. The van der Waals surface area contributed by atoms with Crippen LogP contribution in [0.25, 0.3) is 60.5 Å². The Kier molecular flexibility index (Phi) is 5.56. The molecule has 13 rings (SSSR count). The molecule has 1 heterocycles. The highest BCUT2D eigenvalue weighted by Gasteiger charge is 2.58. The van der Waals surface area contributed by atoms with Crippen LogP contribution in [0, 0.1) is 0 Å². The first-order valence-corrected chi connectivity index (χ1v) is 19.4. The summed E-state index contributed by atoms with van der Waals surface area (Å²) in [5.74, 6) is 0. The smallest absolute Gasteiger partial charge is 0.0720 e. The lowest BCUT2D eigenvalue weighted by Gasteiger charge is -2.48. The van der Waals surface area contributed by atoms with Gasteiger partial charge in [-0.1, -0.05) is 170 Å². The van der Waals surface area contributed by atoms with Gasteiger partial charge in [0, 0.05) is 16.5 Å². The highest BCUT2D eigenvalue weighted by Crippen LogP contribution is 2.67. The Morgan fingerprint density at radius 1 is 0.273 bits per heavy atom. The van der Waals surface area contributed by atoms with Gasteiger partial charge in [-0.15, -0.1) is 0 Å². The van der Waals surface area contributed by atoms with Crippen molar-refractivity contribution in [3.05, 3.63) is 245 Å². The summed E-state index contributed by atoms with van der Waals surface area (Å²) in [6, 6.07) is 75.8. The fourth-order valence-corrected chi connectivity index (χ4v) is 11.3. The van der Waals surface area contributed by atoms with Gasteiger partial charge in [-0.05, 0) is 108 Å². The van der Waals surface area contributed by atoms with Crippen LogP contribution in [0.15, 0.2) is 200 Å². The Balaban J connectivity index is 1.20. The number of rotatable bonds is 1. The molecule has 3 aliphatic carbocycles. The van der Waals surface area contributed by atoms with E-state index in [-0.39, 0.29) is 0 Å². The number of benzene rings is 9. The molecule has 1 heteroatoms. The lowest BCUT2D eigenvalue weighted by molar-refractivity contribution is 0.633. The Morgan fingerprint density at radius 2 is 0.727 bits per heavy atom. The van der Waals surface area contributed by atoms with Crippen LogP contribution >= 0.6 is 0 Å². The maximum absolute atomic E-state index is 2.56. The van der Waals surface area contributed by atoms with Gasteiger partial charge in [0.1, 0.15) is 0 Å². The highest BCUT2D eigenvalue weighted by atomic mass is 15.0. The predicted octanol–water partition coefficient (Wildman–Crippen LogP) is 13.0. The third kappa shape index (κ3) is 3.42. The zero-order valence-electron chi connectivity index (χ0n) is 30.0. The van der Waals surface area contributed by atoms with E-state index < -0.39 is 10.8 Å². The van der Waals surface area contributed by atoms with Crippen LogP contribution in [-0.2, 0) is 10.8 Å². The molecule has 0 N–H and O–H groups in total. The van der Waals surface area contributed by atoms with Crippen LogP contribution in [0.3, 0.4) is 0 Å². The number of hydrogen-bond donors (Lipinski definition) is 0. The molecule has 55 heavy (non-hydrogen) atoms.